The maximum Gasteiger partial charge on any atom is 0.246 e. The van der Waals surface area contributed by atoms with E-state index in [-0.39, 0.29) is 17.9 Å². The van der Waals surface area contributed by atoms with Crippen LogP contribution in [-0.4, -0.2) is 50.1 Å². The molecule has 0 saturated carbocycles. The van der Waals surface area contributed by atoms with E-state index in [0.717, 1.165) is 32.4 Å². The van der Waals surface area contributed by atoms with Gasteiger partial charge in [0.25, 0.3) is 0 Å². The van der Waals surface area contributed by atoms with E-state index in [9.17, 15) is 9.59 Å². The third kappa shape index (κ3) is 3.57. The zero-order chi connectivity index (χ0) is 12.0. The highest BCUT2D eigenvalue weighted by Crippen LogP contribution is 2.10. The number of methoxy groups -OCH3 is 1. The molecule has 92 valence electrons. The van der Waals surface area contributed by atoms with E-state index in [1.165, 1.54) is 11.9 Å². The van der Waals surface area contributed by atoms with Gasteiger partial charge in [-0.2, -0.15) is 0 Å². The van der Waals surface area contributed by atoms with Gasteiger partial charge in [-0.1, -0.05) is 0 Å². The molecule has 0 radical (unpaired) electrons. The third-order valence-corrected chi connectivity index (χ3v) is 2.80. The van der Waals surface area contributed by atoms with Gasteiger partial charge in [0.1, 0.15) is 0 Å². The Bertz CT molecular complexity index is 256. The highest BCUT2D eigenvalue weighted by molar-refractivity contribution is 6.05. The van der Waals surface area contributed by atoms with E-state index in [1.54, 1.807) is 7.11 Å². The number of imide groups is 1. The molecule has 1 saturated heterocycles. The Morgan fingerprint density at radius 3 is 2.69 bits per heavy atom. The van der Waals surface area contributed by atoms with Crippen LogP contribution in [0, 0.1) is 0 Å². The van der Waals surface area contributed by atoms with Crippen LogP contribution in [0.1, 0.15) is 25.7 Å². The molecule has 5 nitrogen and oxygen atoms in total. The summed E-state index contributed by atoms with van der Waals surface area (Å²) in [5, 5.41) is 3.12. The Morgan fingerprint density at radius 2 is 2.12 bits per heavy atom. The Balaban J connectivity index is 2.10. The number of nitrogens with one attached hydrogen (secondary N) is 1. The molecule has 0 bridgehead atoms. The average molecular weight is 228 g/mol. The van der Waals surface area contributed by atoms with Gasteiger partial charge in [0.15, 0.2) is 0 Å². The average Bonchev–Trinajstić information content (AvgIpc) is 2.51. The SMILES string of the molecule is COCCCCCNC1CC(=O)N(C)C1=O. The number of carbonyl (C=O) groups is 2. The molecule has 1 aliphatic rings. The summed E-state index contributed by atoms with van der Waals surface area (Å²) in [6.07, 6.45) is 3.42. The van der Waals surface area contributed by atoms with Gasteiger partial charge in [-0.05, 0) is 25.8 Å². The fourth-order valence-electron chi connectivity index (χ4n) is 1.74. The number of carbonyl (C=O) groups excluding carboxylic acids is 2. The molecular formula is C11H20N2O3. The highest BCUT2D eigenvalue weighted by Gasteiger charge is 2.35. The van der Waals surface area contributed by atoms with E-state index >= 15 is 0 Å². The third-order valence-electron chi connectivity index (χ3n) is 2.80. The maximum absolute atomic E-state index is 11.5. The van der Waals surface area contributed by atoms with E-state index in [2.05, 4.69) is 5.32 Å². The van der Waals surface area contributed by atoms with Gasteiger partial charge in [0.2, 0.25) is 11.8 Å². The van der Waals surface area contributed by atoms with Crippen LogP contribution < -0.4 is 5.32 Å². The number of likely N-dealkylation sites (tertiary alicyclic amines) is 1. The van der Waals surface area contributed by atoms with Gasteiger partial charge in [0, 0.05) is 20.8 Å². The molecule has 0 aromatic rings. The first kappa shape index (κ1) is 13.1. The van der Waals surface area contributed by atoms with Gasteiger partial charge >= 0.3 is 0 Å². The highest BCUT2D eigenvalue weighted by atomic mass is 16.5. The molecule has 1 atom stereocenters. The molecule has 2 amide bonds. The quantitative estimate of drug-likeness (QED) is 0.498. The summed E-state index contributed by atoms with van der Waals surface area (Å²) in [6.45, 7) is 1.56. The number of hydrogen-bond acceptors (Lipinski definition) is 4. The van der Waals surface area contributed by atoms with Crippen molar-refractivity contribution in [3.63, 3.8) is 0 Å². The second-order valence-electron chi connectivity index (χ2n) is 4.06. The van der Waals surface area contributed by atoms with Crippen molar-refractivity contribution in [1.82, 2.24) is 10.2 Å². The van der Waals surface area contributed by atoms with Crippen LogP contribution in [0.3, 0.4) is 0 Å². The van der Waals surface area contributed by atoms with E-state index in [0.29, 0.717) is 6.42 Å². The zero-order valence-electron chi connectivity index (χ0n) is 9.99. The van der Waals surface area contributed by atoms with Crippen LogP contribution in [0.5, 0.6) is 0 Å². The first-order valence-corrected chi connectivity index (χ1v) is 5.69. The lowest BCUT2D eigenvalue weighted by Gasteiger charge is -2.10. The molecule has 0 aromatic heterocycles. The van der Waals surface area contributed by atoms with E-state index in [1.807, 2.05) is 0 Å². The predicted molar refractivity (Wildman–Crippen MR) is 59.9 cm³/mol. The van der Waals surface area contributed by atoms with Crippen LogP contribution in [0.15, 0.2) is 0 Å². The lowest BCUT2D eigenvalue weighted by atomic mass is 10.2. The minimum absolute atomic E-state index is 0.0955. The largest absolute Gasteiger partial charge is 0.385 e. The van der Waals surface area contributed by atoms with Crippen molar-refractivity contribution in [1.29, 1.82) is 0 Å². The Morgan fingerprint density at radius 1 is 1.38 bits per heavy atom. The van der Waals surface area contributed by atoms with Crippen LogP contribution in [-0.2, 0) is 14.3 Å². The topological polar surface area (TPSA) is 58.6 Å². The Labute approximate surface area is 96.1 Å². The lowest BCUT2D eigenvalue weighted by Crippen LogP contribution is -2.37. The van der Waals surface area contributed by atoms with Crippen molar-refractivity contribution in [3.05, 3.63) is 0 Å². The second-order valence-corrected chi connectivity index (χ2v) is 4.06. The summed E-state index contributed by atoms with van der Waals surface area (Å²) < 4.78 is 4.94. The minimum Gasteiger partial charge on any atom is -0.385 e. The fourth-order valence-corrected chi connectivity index (χ4v) is 1.74. The van der Waals surface area contributed by atoms with Gasteiger partial charge in [0.05, 0.1) is 12.5 Å². The Hall–Kier alpha value is -0.940. The lowest BCUT2D eigenvalue weighted by molar-refractivity contribution is -0.137. The molecule has 1 heterocycles. The maximum atomic E-state index is 11.5. The van der Waals surface area contributed by atoms with Gasteiger partial charge < -0.3 is 10.1 Å². The van der Waals surface area contributed by atoms with Crippen LogP contribution in [0.2, 0.25) is 0 Å². The molecule has 1 unspecified atom stereocenters. The number of ether oxygens (including phenoxy) is 1. The summed E-state index contributed by atoms with van der Waals surface area (Å²) in [5.74, 6) is -0.205. The normalized spacial score (nSPS) is 20.9. The fraction of sp³-hybridized carbons (Fsp3) is 0.818. The zero-order valence-corrected chi connectivity index (χ0v) is 9.99. The predicted octanol–water partition coefficient (Wildman–Crippen LogP) is 0.150. The first-order chi connectivity index (χ1) is 7.66. The molecule has 0 spiro atoms. The number of rotatable bonds is 7. The Kier molecular flexibility index (Phi) is 5.42. The van der Waals surface area contributed by atoms with Gasteiger partial charge in [-0.25, -0.2) is 0 Å². The number of nitrogens with zero attached hydrogens (tertiary/aromatic N) is 1. The smallest absolute Gasteiger partial charge is 0.246 e. The standard InChI is InChI=1S/C11H20N2O3/c1-13-10(14)8-9(11(13)15)12-6-4-3-5-7-16-2/h9,12H,3-8H2,1-2H3. The van der Waals surface area contributed by atoms with Crippen molar-refractivity contribution in [2.75, 3.05) is 27.3 Å². The number of unbranched alkanes of at least 4 members (excludes halogenated alkanes) is 2. The first-order valence-electron chi connectivity index (χ1n) is 5.69. The number of likely N-dealkylation sites (N-methyl/N-ethyl adjacent to an activating group) is 1. The summed E-state index contributed by atoms with van der Waals surface area (Å²) >= 11 is 0. The van der Waals surface area contributed by atoms with Crippen LogP contribution >= 0.6 is 0 Å². The molecular weight excluding hydrogens is 208 g/mol. The molecule has 0 aliphatic carbocycles. The molecule has 1 fully saturated rings. The van der Waals surface area contributed by atoms with Gasteiger partial charge in [-0.15, -0.1) is 0 Å². The minimum atomic E-state index is -0.306. The second kappa shape index (κ2) is 6.60. The van der Waals surface area contributed by atoms with Crippen molar-refractivity contribution in [2.45, 2.75) is 31.7 Å². The molecule has 5 heteroatoms. The summed E-state index contributed by atoms with van der Waals surface area (Å²) in [4.78, 5) is 23.9. The van der Waals surface area contributed by atoms with Gasteiger partial charge in [-0.3, -0.25) is 14.5 Å². The van der Waals surface area contributed by atoms with E-state index < -0.39 is 0 Å². The summed E-state index contributed by atoms with van der Waals surface area (Å²) in [7, 11) is 3.22. The molecule has 1 rings (SSSR count). The molecule has 1 N–H and O–H groups in total. The molecule has 1 aliphatic heterocycles. The van der Waals surface area contributed by atoms with Crippen LogP contribution in [0.25, 0.3) is 0 Å². The summed E-state index contributed by atoms with van der Waals surface area (Å²) in [5.41, 5.74) is 0. The number of hydrogen-bond donors (Lipinski definition) is 1. The monoisotopic (exact) mass is 228 g/mol. The molecule has 0 aromatic carbocycles. The number of amides is 2. The van der Waals surface area contributed by atoms with Crippen molar-refractivity contribution >= 4 is 11.8 Å². The molecule has 16 heavy (non-hydrogen) atoms. The van der Waals surface area contributed by atoms with Crippen molar-refractivity contribution in [3.8, 4) is 0 Å². The van der Waals surface area contributed by atoms with E-state index in [4.69, 9.17) is 4.74 Å². The van der Waals surface area contributed by atoms with Crippen LogP contribution in [0.4, 0.5) is 0 Å². The van der Waals surface area contributed by atoms with Crippen molar-refractivity contribution < 1.29 is 14.3 Å². The summed E-state index contributed by atoms with van der Waals surface area (Å²) in [6, 6.07) is -0.306. The van der Waals surface area contributed by atoms with Crippen molar-refractivity contribution in [2.24, 2.45) is 0 Å².